The van der Waals surface area contributed by atoms with Gasteiger partial charge in [0.25, 0.3) is 0 Å². The van der Waals surface area contributed by atoms with Crippen molar-refractivity contribution in [3.63, 3.8) is 0 Å². The Labute approximate surface area is 159 Å². The third-order valence-corrected chi connectivity index (χ3v) is 4.67. The smallest absolute Gasteiger partial charge is 0.156 e. The van der Waals surface area contributed by atoms with E-state index in [1.807, 2.05) is 31.2 Å². The Morgan fingerprint density at radius 1 is 0.893 bits per heavy atom. The second kappa shape index (κ2) is 6.42. The van der Waals surface area contributed by atoms with E-state index in [0.717, 1.165) is 39.2 Å². The number of pyridine rings is 2. The lowest BCUT2D eigenvalue weighted by molar-refractivity contribution is 0.549. The summed E-state index contributed by atoms with van der Waals surface area (Å²) in [5.74, 6) is 1.24. The van der Waals surface area contributed by atoms with Gasteiger partial charge in [0.15, 0.2) is 5.65 Å². The minimum absolute atomic E-state index is 0.293. The van der Waals surface area contributed by atoms with E-state index in [0.29, 0.717) is 11.3 Å². The van der Waals surface area contributed by atoms with Crippen molar-refractivity contribution in [2.24, 2.45) is 0 Å². The molecule has 5 aromatic rings. The number of hydrogen-bond donors (Lipinski definition) is 1. The molecule has 0 fully saturated rings. The highest BCUT2D eigenvalue weighted by atomic mass is 19.1. The lowest BCUT2D eigenvalue weighted by Gasteiger charge is -2.15. The van der Waals surface area contributed by atoms with E-state index < -0.39 is 0 Å². The van der Waals surface area contributed by atoms with Crippen LogP contribution in [-0.4, -0.2) is 20.2 Å². The predicted octanol–water partition coefficient (Wildman–Crippen LogP) is 5.39. The second-order valence-corrected chi connectivity index (χ2v) is 6.50. The molecule has 0 amide bonds. The van der Waals surface area contributed by atoms with Crippen molar-refractivity contribution < 1.29 is 8.81 Å². The van der Waals surface area contributed by atoms with Crippen LogP contribution in [0.5, 0.6) is 0 Å². The standard InChI is InChI=1S/C22H15FN4O/c1-13-2-7-18(28-13)20-17-12-25-27-22(17)26-21(15-3-5-16(23)6-4-15)19(20)14-8-10-24-11-9-14/h2-12H,1H3,(H,25,26,27). The highest BCUT2D eigenvalue weighted by molar-refractivity contribution is 6.04. The molecule has 5 rings (SSSR count). The fraction of sp³-hybridized carbons (Fsp3) is 0.0455. The van der Waals surface area contributed by atoms with Gasteiger partial charge in [-0.15, -0.1) is 0 Å². The van der Waals surface area contributed by atoms with Gasteiger partial charge in [-0.2, -0.15) is 5.10 Å². The van der Waals surface area contributed by atoms with Crippen LogP contribution in [0.1, 0.15) is 5.76 Å². The molecule has 0 bridgehead atoms. The number of nitrogens with one attached hydrogen (secondary N) is 1. The molecule has 4 heterocycles. The van der Waals surface area contributed by atoms with Gasteiger partial charge in [0.05, 0.1) is 17.3 Å². The predicted molar refractivity (Wildman–Crippen MR) is 105 cm³/mol. The first-order valence-electron chi connectivity index (χ1n) is 8.81. The molecule has 4 aromatic heterocycles. The summed E-state index contributed by atoms with van der Waals surface area (Å²) in [7, 11) is 0. The number of aromatic nitrogens is 4. The van der Waals surface area contributed by atoms with Gasteiger partial charge in [-0.1, -0.05) is 0 Å². The second-order valence-electron chi connectivity index (χ2n) is 6.50. The molecule has 0 aliphatic carbocycles. The van der Waals surface area contributed by atoms with Crippen LogP contribution in [0.3, 0.4) is 0 Å². The van der Waals surface area contributed by atoms with Crippen LogP contribution in [0.15, 0.2) is 71.5 Å². The molecule has 5 nitrogen and oxygen atoms in total. The van der Waals surface area contributed by atoms with Crippen molar-refractivity contribution in [3.05, 3.63) is 78.7 Å². The number of benzene rings is 1. The monoisotopic (exact) mass is 370 g/mol. The average molecular weight is 370 g/mol. The molecule has 0 radical (unpaired) electrons. The van der Waals surface area contributed by atoms with E-state index in [9.17, 15) is 4.39 Å². The highest BCUT2D eigenvalue weighted by Crippen LogP contribution is 2.43. The van der Waals surface area contributed by atoms with Crippen LogP contribution < -0.4 is 0 Å². The fourth-order valence-electron chi connectivity index (χ4n) is 3.41. The normalized spacial score (nSPS) is 11.2. The zero-order chi connectivity index (χ0) is 19.1. The molecule has 0 spiro atoms. The third-order valence-electron chi connectivity index (χ3n) is 4.67. The average Bonchev–Trinajstić information content (AvgIpc) is 3.36. The Hall–Kier alpha value is -3.80. The molecule has 0 unspecified atom stereocenters. The summed E-state index contributed by atoms with van der Waals surface area (Å²) in [6.45, 7) is 1.91. The Morgan fingerprint density at radius 3 is 2.39 bits per heavy atom. The summed E-state index contributed by atoms with van der Waals surface area (Å²) in [5.41, 5.74) is 4.87. The quantitative estimate of drug-likeness (QED) is 0.462. The summed E-state index contributed by atoms with van der Waals surface area (Å²) in [5, 5.41) is 7.98. The first-order valence-corrected chi connectivity index (χ1v) is 8.81. The number of furan rings is 1. The number of halogens is 1. The van der Waals surface area contributed by atoms with Crippen LogP contribution in [0, 0.1) is 12.7 Å². The Morgan fingerprint density at radius 2 is 1.68 bits per heavy atom. The van der Waals surface area contributed by atoms with Crippen molar-refractivity contribution in [1.29, 1.82) is 0 Å². The van der Waals surface area contributed by atoms with Gasteiger partial charge in [-0.3, -0.25) is 10.1 Å². The van der Waals surface area contributed by atoms with E-state index >= 15 is 0 Å². The molecule has 0 saturated carbocycles. The summed E-state index contributed by atoms with van der Waals surface area (Å²) < 4.78 is 19.5. The van der Waals surface area contributed by atoms with Crippen molar-refractivity contribution in [2.45, 2.75) is 6.92 Å². The minimum Gasteiger partial charge on any atom is -0.461 e. The van der Waals surface area contributed by atoms with Gasteiger partial charge < -0.3 is 4.42 Å². The Bertz CT molecular complexity index is 1270. The molecule has 0 aliphatic heterocycles. The van der Waals surface area contributed by atoms with Crippen molar-refractivity contribution >= 4 is 11.0 Å². The minimum atomic E-state index is -0.293. The molecular formula is C22H15FN4O. The Balaban J connectivity index is 1.93. The maximum absolute atomic E-state index is 13.5. The first kappa shape index (κ1) is 16.4. The lowest BCUT2D eigenvalue weighted by Crippen LogP contribution is -1.95. The number of nitrogens with zero attached hydrogens (tertiary/aromatic N) is 3. The van der Waals surface area contributed by atoms with Gasteiger partial charge >= 0.3 is 0 Å². The van der Waals surface area contributed by atoms with Crippen LogP contribution in [0.25, 0.3) is 44.7 Å². The molecule has 6 heteroatoms. The third kappa shape index (κ3) is 2.66. The van der Waals surface area contributed by atoms with Gasteiger partial charge in [-0.25, -0.2) is 9.37 Å². The van der Waals surface area contributed by atoms with Gasteiger partial charge in [0.1, 0.15) is 17.3 Å². The van der Waals surface area contributed by atoms with Gasteiger partial charge in [-0.05, 0) is 61.0 Å². The zero-order valence-corrected chi connectivity index (χ0v) is 15.0. The number of H-pyrrole nitrogens is 1. The van der Waals surface area contributed by atoms with Crippen molar-refractivity contribution in [1.82, 2.24) is 20.2 Å². The molecule has 0 atom stereocenters. The molecular weight excluding hydrogens is 355 g/mol. The van der Waals surface area contributed by atoms with E-state index in [1.165, 1.54) is 12.1 Å². The fourth-order valence-corrected chi connectivity index (χ4v) is 3.41. The maximum Gasteiger partial charge on any atom is 0.156 e. The number of hydrogen-bond acceptors (Lipinski definition) is 4. The lowest BCUT2D eigenvalue weighted by atomic mass is 9.92. The number of aromatic amines is 1. The van der Waals surface area contributed by atoms with Crippen LogP contribution in [0.2, 0.25) is 0 Å². The SMILES string of the molecule is Cc1ccc(-c2c(-c3ccncc3)c(-c3ccc(F)cc3)nc3[nH]ncc23)o1. The van der Waals surface area contributed by atoms with Crippen LogP contribution in [-0.2, 0) is 0 Å². The topological polar surface area (TPSA) is 67.6 Å². The zero-order valence-electron chi connectivity index (χ0n) is 15.0. The number of aryl methyl sites for hydroxylation is 1. The van der Waals surface area contributed by atoms with Crippen LogP contribution >= 0.6 is 0 Å². The molecule has 136 valence electrons. The summed E-state index contributed by atoms with van der Waals surface area (Å²) >= 11 is 0. The van der Waals surface area contributed by atoms with Gasteiger partial charge in [0, 0.05) is 29.1 Å². The van der Waals surface area contributed by atoms with Gasteiger partial charge in [0.2, 0.25) is 0 Å². The molecule has 1 N–H and O–H groups in total. The van der Waals surface area contributed by atoms with Crippen LogP contribution in [0.4, 0.5) is 4.39 Å². The van der Waals surface area contributed by atoms with E-state index in [-0.39, 0.29) is 5.82 Å². The van der Waals surface area contributed by atoms with Crippen molar-refractivity contribution in [2.75, 3.05) is 0 Å². The molecule has 0 aliphatic rings. The van der Waals surface area contributed by atoms with E-state index in [2.05, 4.69) is 15.2 Å². The summed E-state index contributed by atoms with van der Waals surface area (Å²) in [6.07, 6.45) is 5.22. The first-order chi connectivity index (χ1) is 13.7. The van der Waals surface area contributed by atoms with E-state index in [4.69, 9.17) is 9.40 Å². The Kier molecular flexibility index (Phi) is 3.76. The largest absolute Gasteiger partial charge is 0.461 e. The highest BCUT2D eigenvalue weighted by Gasteiger charge is 2.22. The molecule has 0 saturated heterocycles. The van der Waals surface area contributed by atoms with E-state index in [1.54, 1.807) is 30.7 Å². The molecule has 28 heavy (non-hydrogen) atoms. The van der Waals surface area contributed by atoms with Crippen molar-refractivity contribution in [3.8, 4) is 33.7 Å². The number of rotatable bonds is 3. The summed E-state index contributed by atoms with van der Waals surface area (Å²) in [4.78, 5) is 8.93. The summed E-state index contributed by atoms with van der Waals surface area (Å²) in [6, 6.07) is 14.0. The number of fused-ring (bicyclic) bond motifs is 1. The molecule has 1 aromatic carbocycles. The maximum atomic E-state index is 13.5.